The lowest BCUT2D eigenvalue weighted by atomic mass is 9.89. The molecule has 1 unspecified atom stereocenters. The molecule has 3 aromatic heterocycles. The van der Waals surface area contributed by atoms with Gasteiger partial charge in [0.15, 0.2) is 5.16 Å². The van der Waals surface area contributed by atoms with E-state index < -0.39 is 0 Å². The van der Waals surface area contributed by atoms with Gasteiger partial charge in [0, 0.05) is 18.3 Å². The molecule has 5 rings (SSSR count). The van der Waals surface area contributed by atoms with Gasteiger partial charge >= 0.3 is 0 Å². The Bertz CT molecular complexity index is 1280. The molecule has 4 aromatic rings. The minimum Gasteiger partial charge on any atom is -0.425 e. The van der Waals surface area contributed by atoms with Crippen LogP contribution in [0.2, 0.25) is 0 Å². The topological polar surface area (TPSA) is 73.8 Å². The largest absolute Gasteiger partial charge is 0.425 e. The van der Waals surface area contributed by atoms with Crippen LogP contribution < -0.4 is 5.56 Å². The van der Waals surface area contributed by atoms with Crippen molar-refractivity contribution in [2.75, 3.05) is 0 Å². The predicted molar refractivity (Wildman–Crippen MR) is 124 cm³/mol. The number of rotatable bonds is 6. The Labute approximate surface area is 188 Å². The lowest BCUT2D eigenvalue weighted by molar-refractivity contribution is 0.485. The number of fused-ring (bicyclic) bond motifs is 3. The molecule has 6 nitrogen and oxygen atoms in total. The van der Waals surface area contributed by atoms with Gasteiger partial charge in [-0.2, -0.15) is 0 Å². The molecule has 0 bridgehead atoms. The van der Waals surface area contributed by atoms with Crippen LogP contribution in [0.1, 0.15) is 41.1 Å². The van der Waals surface area contributed by atoms with Gasteiger partial charge < -0.3 is 4.42 Å². The van der Waals surface area contributed by atoms with E-state index >= 15 is 0 Å². The number of aryl methyl sites for hydroxylation is 3. The summed E-state index contributed by atoms with van der Waals surface area (Å²) in [5, 5.41) is 9.53. The predicted octanol–water partition coefficient (Wildman–Crippen LogP) is 4.81. The molecule has 0 spiro atoms. The van der Waals surface area contributed by atoms with E-state index in [1.807, 2.05) is 22.8 Å². The lowest BCUT2D eigenvalue weighted by Gasteiger charge is -2.17. The molecule has 1 aliphatic carbocycles. The third kappa shape index (κ3) is 4.19. The second-order valence-corrected chi connectivity index (χ2v) is 10.1. The Kier molecular flexibility index (Phi) is 5.67. The third-order valence-electron chi connectivity index (χ3n) is 5.74. The van der Waals surface area contributed by atoms with Gasteiger partial charge in [-0.1, -0.05) is 49.0 Å². The van der Waals surface area contributed by atoms with Crippen LogP contribution in [0.5, 0.6) is 0 Å². The van der Waals surface area contributed by atoms with Crippen molar-refractivity contribution in [3.63, 3.8) is 0 Å². The maximum Gasteiger partial charge on any atom is 0.263 e. The zero-order valence-corrected chi connectivity index (χ0v) is 19.3. The van der Waals surface area contributed by atoms with Crippen molar-refractivity contribution in [1.82, 2.24) is 19.7 Å². The summed E-state index contributed by atoms with van der Waals surface area (Å²) in [6, 6.07) is 10.3. The van der Waals surface area contributed by atoms with Crippen LogP contribution in [0.4, 0.5) is 0 Å². The van der Waals surface area contributed by atoms with Crippen LogP contribution in [0.25, 0.3) is 10.2 Å². The van der Waals surface area contributed by atoms with Crippen molar-refractivity contribution in [2.45, 2.75) is 57.0 Å². The van der Waals surface area contributed by atoms with Crippen LogP contribution in [-0.2, 0) is 31.6 Å². The number of hydrogen-bond donors (Lipinski definition) is 0. The highest BCUT2D eigenvalue weighted by Crippen LogP contribution is 2.36. The quantitative estimate of drug-likeness (QED) is 0.309. The third-order valence-corrected chi connectivity index (χ3v) is 7.85. The highest BCUT2D eigenvalue weighted by molar-refractivity contribution is 7.98. The Morgan fingerprint density at radius 1 is 1.26 bits per heavy atom. The molecule has 8 heteroatoms. The molecule has 3 heterocycles. The van der Waals surface area contributed by atoms with E-state index in [4.69, 9.17) is 9.40 Å². The Balaban J connectivity index is 1.54. The van der Waals surface area contributed by atoms with Crippen molar-refractivity contribution in [3.8, 4) is 0 Å². The summed E-state index contributed by atoms with van der Waals surface area (Å²) in [5.41, 5.74) is 2.52. The molecule has 0 radical (unpaired) electrons. The van der Waals surface area contributed by atoms with E-state index in [1.165, 1.54) is 27.8 Å². The second-order valence-electron chi connectivity index (χ2n) is 8.12. The summed E-state index contributed by atoms with van der Waals surface area (Å²) in [6.45, 7) is 4.66. The van der Waals surface area contributed by atoms with Gasteiger partial charge in [0.25, 0.3) is 5.56 Å². The molecule has 1 aliphatic rings. The first-order valence-corrected chi connectivity index (χ1v) is 12.4. The molecule has 0 aliphatic heterocycles. The zero-order chi connectivity index (χ0) is 21.4. The average molecular weight is 453 g/mol. The monoisotopic (exact) mass is 452 g/mol. The first-order chi connectivity index (χ1) is 15.1. The van der Waals surface area contributed by atoms with Gasteiger partial charge in [-0.25, -0.2) is 4.98 Å². The van der Waals surface area contributed by atoms with Crippen LogP contribution in [0.3, 0.4) is 0 Å². The first-order valence-electron chi connectivity index (χ1n) is 10.6. The second kappa shape index (κ2) is 8.59. The fourth-order valence-electron chi connectivity index (χ4n) is 4.12. The Morgan fingerprint density at radius 2 is 2.10 bits per heavy atom. The summed E-state index contributed by atoms with van der Waals surface area (Å²) < 4.78 is 7.36. The summed E-state index contributed by atoms with van der Waals surface area (Å²) in [4.78, 5) is 20.8. The molecule has 0 fully saturated rings. The van der Waals surface area contributed by atoms with Crippen LogP contribution >= 0.6 is 23.1 Å². The number of thiophene rings is 1. The number of thioether (sulfide) groups is 1. The van der Waals surface area contributed by atoms with Crippen molar-refractivity contribution < 1.29 is 4.42 Å². The molecular weight excluding hydrogens is 428 g/mol. The molecular formula is C23H24N4O2S2. The SMILES string of the molecule is Cc1nnc(CSc2nc3sc4c(c3c(=O)n2CCc2ccccc2)CCC(C)C4)o1. The van der Waals surface area contributed by atoms with Crippen molar-refractivity contribution in [3.05, 3.63) is 68.5 Å². The Hall–Kier alpha value is -2.45. The van der Waals surface area contributed by atoms with Crippen molar-refractivity contribution >= 4 is 33.3 Å². The maximum absolute atomic E-state index is 13.7. The first kappa shape index (κ1) is 20.5. The van der Waals surface area contributed by atoms with Crippen molar-refractivity contribution in [2.24, 2.45) is 5.92 Å². The van der Waals surface area contributed by atoms with Crippen LogP contribution in [0, 0.1) is 12.8 Å². The molecule has 0 amide bonds. The Morgan fingerprint density at radius 3 is 2.87 bits per heavy atom. The fraction of sp³-hybridized carbons (Fsp3) is 0.391. The van der Waals surface area contributed by atoms with E-state index in [0.717, 1.165) is 41.1 Å². The average Bonchev–Trinajstić information content (AvgIpc) is 3.34. The van der Waals surface area contributed by atoms with E-state index in [2.05, 4.69) is 29.3 Å². The minimum absolute atomic E-state index is 0.0807. The van der Waals surface area contributed by atoms with E-state index in [1.54, 1.807) is 18.3 Å². The van der Waals surface area contributed by atoms with Crippen molar-refractivity contribution in [1.29, 1.82) is 0 Å². The molecule has 1 atom stereocenters. The highest BCUT2D eigenvalue weighted by Gasteiger charge is 2.25. The summed E-state index contributed by atoms with van der Waals surface area (Å²) in [7, 11) is 0. The van der Waals surface area contributed by atoms with Crippen LogP contribution in [0.15, 0.2) is 44.7 Å². The zero-order valence-electron chi connectivity index (χ0n) is 17.6. The summed E-state index contributed by atoms with van der Waals surface area (Å²) >= 11 is 3.18. The van der Waals surface area contributed by atoms with Gasteiger partial charge in [0.1, 0.15) is 4.83 Å². The molecule has 0 saturated heterocycles. The molecule has 31 heavy (non-hydrogen) atoms. The van der Waals surface area contributed by atoms with Gasteiger partial charge in [-0.3, -0.25) is 9.36 Å². The molecule has 160 valence electrons. The minimum atomic E-state index is 0.0807. The number of benzene rings is 1. The molecule has 1 aromatic carbocycles. The number of aromatic nitrogens is 4. The summed E-state index contributed by atoms with van der Waals surface area (Å²) in [6.07, 6.45) is 3.93. The number of nitrogens with zero attached hydrogens (tertiary/aromatic N) is 4. The number of hydrogen-bond acceptors (Lipinski definition) is 7. The van der Waals surface area contributed by atoms with Gasteiger partial charge in [-0.15, -0.1) is 21.5 Å². The van der Waals surface area contributed by atoms with Gasteiger partial charge in [0.05, 0.1) is 11.1 Å². The highest BCUT2D eigenvalue weighted by atomic mass is 32.2. The smallest absolute Gasteiger partial charge is 0.263 e. The normalized spacial score (nSPS) is 16.0. The van der Waals surface area contributed by atoms with E-state index in [-0.39, 0.29) is 5.56 Å². The lowest BCUT2D eigenvalue weighted by Crippen LogP contribution is -2.25. The fourth-order valence-corrected chi connectivity index (χ4v) is 6.41. The molecule has 0 saturated carbocycles. The van der Waals surface area contributed by atoms with Crippen LogP contribution in [-0.4, -0.2) is 19.7 Å². The molecule has 0 N–H and O–H groups in total. The van der Waals surface area contributed by atoms with E-state index in [0.29, 0.717) is 30.0 Å². The van der Waals surface area contributed by atoms with Gasteiger partial charge in [0.2, 0.25) is 11.8 Å². The van der Waals surface area contributed by atoms with Gasteiger partial charge in [-0.05, 0) is 42.7 Å². The van der Waals surface area contributed by atoms with E-state index in [9.17, 15) is 4.79 Å². The standard InChI is InChI=1S/C23H24N4O2S2/c1-14-8-9-17-18(12-14)31-21-20(17)22(28)27(11-10-16-6-4-3-5-7-16)23(24-21)30-13-19-26-25-15(2)29-19/h3-7,14H,8-13H2,1-2H3. The summed E-state index contributed by atoms with van der Waals surface area (Å²) in [5.74, 6) is 2.24. The maximum atomic E-state index is 13.7.